The predicted molar refractivity (Wildman–Crippen MR) is 66.1 cm³/mol. The van der Waals surface area contributed by atoms with E-state index in [1.807, 2.05) is 6.20 Å². The minimum absolute atomic E-state index is 0.646. The maximum atomic E-state index is 5.82. The SMILES string of the molecule is CCn1c(CN2CCCCCC2)cnc1N. The monoisotopic (exact) mass is 222 g/mol. The Kier molecular flexibility index (Phi) is 3.83. The van der Waals surface area contributed by atoms with E-state index in [1.54, 1.807) is 0 Å². The van der Waals surface area contributed by atoms with Crippen molar-refractivity contribution < 1.29 is 0 Å². The molecule has 0 spiro atoms. The Bertz CT molecular complexity index is 324. The van der Waals surface area contributed by atoms with Gasteiger partial charge in [0.1, 0.15) is 0 Å². The van der Waals surface area contributed by atoms with E-state index >= 15 is 0 Å². The molecule has 1 fully saturated rings. The molecule has 0 aromatic carbocycles. The third-order valence-electron chi connectivity index (χ3n) is 3.37. The topological polar surface area (TPSA) is 47.1 Å². The van der Waals surface area contributed by atoms with Gasteiger partial charge in [-0.1, -0.05) is 12.8 Å². The minimum atomic E-state index is 0.646. The highest BCUT2D eigenvalue weighted by atomic mass is 15.2. The van der Waals surface area contributed by atoms with Crippen LogP contribution in [0.25, 0.3) is 0 Å². The van der Waals surface area contributed by atoms with Gasteiger partial charge in [-0.15, -0.1) is 0 Å². The number of aromatic nitrogens is 2. The second-order valence-corrected chi connectivity index (χ2v) is 4.54. The van der Waals surface area contributed by atoms with Crippen molar-refractivity contribution in [1.29, 1.82) is 0 Å². The van der Waals surface area contributed by atoms with Gasteiger partial charge in [0.15, 0.2) is 5.95 Å². The molecule has 0 unspecified atom stereocenters. The van der Waals surface area contributed by atoms with E-state index in [9.17, 15) is 0 Å². The Morgan fingerprint density at radius 1 is 1.25 bits per heavy atom. The van der Waals surface area contributed by atoms with E-state index in [4.69, 9.17) is 5.73 Å². The molecule has 0 bridgehead atoms. The molecule has 1 aromatic heterocycles. The highest BCUT2D eigenvalue weighted by Gasteiger charge is 2.12. The van der Waals surface area contributed by atoms with Gasteiger partial charge in [0.25, 0.3) is 0 Å². The summed E-state index contributed by atoms with van der Waals surface area (Å²) in [6.07, 6.45) is 7.34. The second-order valence-electron chi connectivity index (χ2n) is 4.54. The third-order valence-corrected chi connectivity index (χ3v) is 3.37. The average molecular weight is 222 g/mol. The molecule has 1 aromatic rings. The molecule has 16 heavy (non-hydrogen) atoms. The summed E-state index contributed by atoms with van der Waals surface area (Å²) in [6.45, 7) is 6.46. The molecule has 0 amide bonds. The van der Waals surface area contributed by atoms with Gasteiger partial charge >= 0.3 is 0 Å². The van der Waals surface area contributed by atoms with Crippen LogP contribution in [0.4, 0.5) is 5.95 Å². The summed E-state index contributed by atoms with van der Waals surface area (Å²) in [5, 5.41) is 0. The number of nitrogens with zero attached hydrogens (tertiary/aromatic N) is 3. The molecule has 0 atom stereocenters. The first kappa shape index (κ1) is 11.5. The fourth-order valence-electron chi connectivity index (χ4n) is 2.44. The smallest absolute Gasteiger partial charge is 0.200 e. The van der Waals surface area contributed by atoms with E-state index in [-0.39, 0.29) is 0 Å². The minimum Gasteiger partial charge on any atom is -0.369 e. The van der Waals surface area contributed by atoms with Crippen LogP contribution in [0.2, 0.25) is 0 Å². The van der Waals surface area contributed by atoms with Crippen LogP contribution in [-0.4, -0.2) is 27.5 Å². The number of hydrogen-bond donors (Lipinski definition) is 1. The maximum Gasteiger partial charge on any atom is 0.200 e. The second kappa shape index (κ2) is 5.34. The first-order valence-corrected chi connectivity index (χ1v) is 6.33. The number of likely N-dealkylation sites (tertiary alicyclic amines) is 1. The molecule has 90 valence electrons. The lowest BCUT2D eigenvalue weighted by Gasteiger charge is -2.20. The lowest BCUT2D eigenvalue weighted by Crippen LogP contribution is -2.25. The summed E-state index contributed by atoms with van der Waals surface area (Å²) in [6, 6.07) is 0. The standard InChI is InChI=1S/C12H22N4/c1-2-16-11(9-14-12(16)13)10-15-7-5-3-4-6-8-15/h9H,2-8,10H2,1H3,(H2,13,14). The molecule has 4 heteroatoms. The number of hydrogen-bond acceptors (Lipinski definition) is 3. The Hall–Kier alpha value is -1.03. The number of rotatable bonds is 3. The quantitative estimate of drug-likeness (QED) is 0.849. The molecular formula is C12H22N4. The van der Waals surface area contributed by atoms with Crippen molar-refractivity contribution in [3.05, 3.63) is 11.9 Å². The van der Waals surface area contributed by atoms with Crippen molar-refractivity contribution in [2.24, 2.45) is 0 Å². The zero-order chi connectivity index (χ0) is 11.4. The largest absolute Gasteiger partial charge is 0.369 e. The molecule has 1 aliphatic heterocycles. The van der Waals surface area contributed by atoms with Crippen LogP contribution in [0.1, 0.15) is 38.3 Å². The Labute approximate surface area is 97.4 Å². The van der Waals surface area contributed by atoms with Crippen LogP contribution in [0.3, 0.4) is 0 Å². The average Bonchev–Trinajstić information content (AvgIpc) is 2.51. The highest BCUT2D eigenvalue weighted by molar-refractivity contribution is 5.22. The van der Waals surface area contributed by atoms with Gasteiger partial charge < -0.3 is 10.3 Å². The van der Waals surface area contributed by atoms with E-state index < -0.39 is 0 Å². The van der Waals surface area contributed by atoms with Crippen molar-refractivity contribution in [1.82, 2.24) is 14.5 Å². The van der Waals surface area contributed by atoms with Crippen LogP contribution in [-0.2, 0) is 13.1 Å². The Balaban J connectivity index is 2.01. The van der Waals surface area contributed by atoms with Crippen LogP contribution in [0.5, 0.6) is 0 Å². The van der Waals surface area contributed by atoms with Gasteiger partial charge in [-0.05, 0) is 32.9 Å². The Morgan fingerprint density at radius 3 is 2.56 bits per heavy atom. The van der Waals surface area contributed by atoms with Gasteiger partial charge in [-0.3, -0.25) is 4.90 Å². The number of nitrogens with two attached hydrogens (primary N) is 1. The van der Waals surface area contributed by atoms with Crippen molar-refractivity contribution in [2.45, 2.75) is 45.7 Å². The first-order valence-electron chi connectivity index (χ1n) is 6.33. The molecule has 2 heterocycles. The molecular weight excluding hydrogens is 200 g/mol. The van der Waals surface area contributed by atoms with E-state index in [0.29, 0.717) is 5.95 Å². The van der Waals surface area contributed by atoms with Gasteiger partial charge in [0.2, 0.25) is 0 Å². The van der Waals surface area contributed by atoms with Gasteiger partial charge in [-0.25, -0.2) is 4.98 Å². The molecule has 1 aliphatic rings. The molecule has 2 rings (SSSR count). The van der Waals surface area contributed by atoms with Crippen molar-refractivity contribution in [3.63, 3.8) is 0 Å². The van der Waals surface area contributed by atoms with Crippen LogP contribution in [0.15, 0.2) is 6.20 Å². The summed E-state index contributed by atoms with van der Waals surface area (Å²) in [4.78, 5) is 6.71. The van der Waals surface area contributed by atoms with Crippen molar-refractivity contribution in [2.75, 3.05) is 18.8 Å². The molecule has 2 N–H and O–H groups in total. The number of nitrogen functional groups attached to an aromatic ring is 1. The molecule has 0 aliphatic carbocycles. The van der Waals surface area contributed by atoms with Gasteiger partial charge in [-0.2, -0.15) is 0 Å². The van der Waals surface area contributed by atoms with Crippen molar-refractivity contribution >= 4 is 5.95 Å². The summed E-state index contributed by atoms with van der Waals surface area (Å²) in [5.41, 5.74) is 7.07. The molecule has 4 nitrogen and oxygen atoms in total. The molecule has 0 saturated carbocycles. The lowest BCUT2D eigenvalue weighted by atomic mass is 10.2. The Morgan fingerprint density at radius 2 is 1.94 bits per heavy atom. The summed E-state index contributed by atoms with van der Waals surface area (Å²) in [7, 11) is 0. The summed E-state index contributed by atoms with van der Waals surface area (Å²) in [5.74, 6) is 0.646. The third kappa shape index (κ3) is 2.55. The summed E-state index contributed by atoms with van der Waals surface area (Å²) >= 11 is 0. The van der Waals surface area contributed by atoms with Gasteiger partial charge in [0.05, 0.1) is 11.9 Å². The summed E-state index contributed by atoms with van der Waals surface area (Å²) < 4.78 is 2.10. The van der Waals surface area contributed by atoms with E-state index in [1.165, 1.54) is 44.5 Å². The predicted octanol–water partition coefficient (Wildman–Crippen LogP) is 1.86. The molecule has 0 radical (unpaired) electrons. The van der Waals surface area contributed by atoms with E-state index in [0.717, 1.165) is 13.1 Å². The lowest BCUT2D eigenvalue weighted by molar-refractivity contribution is 0.270. The van der Waals surface area contributed by atoms with Crippen molar-refractivity contribution in [3.8, 4) is 0 Å². The fraction of sp³-hybridized carbons (Fsp3) is 0.750. The van der Waals surface area contributed by atoms with E-state index in [2.05, 4.69) is 21.4 Å². The van der Waals surface area contributed by atoms with Crippen LogP contribution < -0.4 is 5.73 Å². The number of anilines is 1. The van der Waals surface area contributed by atoms with Crippen LogP contribution >= 0.6 is 0 Å². The zero-order valence-electron chi connectivity index (χ0n) is 10.2. The fourth-order valence-corrected chi connectivity index (χ4v) is 2.44. The molecule has 1 saturated heterocycles. The van der Waals surface area contributed by atoms with Gasteiger partial charge in [0, 0.05) is 13.1 Å². The highest BCUT2D eigenvalue weighted by Crippen LogP contribution is 2.14. The first-order chi connectivity index (χ1) is 7.81. The normalized spacial score (nSPS) is 18.6. The zero-order valence-corrected chi connectivity index (χ0v) is 10.2. The van der Waals surface area contributed by atoms with Crippen LogP contribution in [0, 0.1) is 0 Å². The number of imidazole rings is 1. The maximum absolute atomic E-state index is 5.82.